The Morgan fingerprint density at radius 3 is 2.50 bits per heavy atom. The van der Waals surface area contributed by atoms with Crippen LogP contribution < -0.4 is 16.0 Å². The second kappa shape index (κ2) is 8.97. The molecule has 0 aliphatic carbocycles. The summed E-state index contributed by atoms with van der Waals surface area (Å²) < 4.78 is 23.2. The Bertz CT molecular complexity index is 1390. The smallest absolute Gasteiger partial charge is 0.332 e. The lowest BCUT2D eigenvalue weighted by Crippen LogP contribution is -2.39. The van der Waals surface area contributed by atoms with Crippen molar-refractivity contribution in [3.63, 3.8) is 0 Å². The van der Waals surface area contributed by atoms with Gasteiger partial charge in [0.05, 0.1) is 11.6 Å². The van der Waals surface area contributed by atoms with Crippen molar-refractivity contribution < 1.29 is 14.2 Å². The molecule has 0 fully saturated rings. The molecule has 4 aromatic rings. The quantitative estimate of drug-likeness (QED) is 0.460. The number of aliphatic hydroxyl groups excluding tert-OH is 1. The van der Waals surface area contributed by atoms with E-state index in [4.69, 9.17) is 21.4 Å². The first-order valence-electron chi connectivity index (χ1n) is 9.88. The molecule has 8 nitrogen and oxygen atoms in total. The number of benzene rings is 2. The van der Waals surface area contributed by atoms with Crippen LogP contribution in [0.1, 0.15) is 12.0 Å². The molecule has 0 amide bonds. The topological polar surface area (TPSA) is 91.3 Å². The van der Waals surface area contributed by atoms with Crippen LogP contribution in [0.2, 0.25) is 5.02 Å². The summed E-state index contributed by atoms with van der Waals surface area (Å²) in [6.07, 6.45) is 0.246. The van der Waals surface area contributed by atoms with Crippen molar-refractivity contribution in [1.29, 1.82) is 0 Å². The Labute approximate surface area is 186 Å². The largest absolute Gasteiger partial charge is 0.424 e. The maximum absolute atomic E-state index is 13.4. The summed E-state index contributed by atoms with van der Waals surface area (Å²) in [5, 5.41) is 9.50. The molecule has 0 bridgehead atoms. The van der Waals surface area contributed by atoms with Crippen LogP contribution in [-0.4, -0.2) is 30.4 Å². The lowest BCUT2D eigenvalue weighted by Gasteiger charge is -2.12. The highest BCUT2D eigenvalue weighted by molar-refractivity contribution is 6.32. The molecule has 166 valence electrons. The fraction of sp³-hybridized carbons (Fsp3) is 0.227. The van der Waals surface area contributed by atoms with Crippen LogP contribution in [0.5, 0.6) is 11.8 Å². The number of imidazole rings is 1. The van der Waals surface area contributed by atoms with E-state index in [0.717, 1.165) is 4.57 Å². The number of aryl methyl sites for hydroxylation is 1. The van der Waals surface area contributed by atoms with Gasteiger partial charge in [0.2, 0.25) is 0 Å². The third kappa shape index (κ3) is 4.04. The molecule has 0 atom stereocenters. The average Bonchev–Trinajstić information content (AvgIpc) is 3.13. The summed E-state index contributed by atoms with van der Waals surface area (Å²) in [5.41, 5.74) is -0.113. The molecule has 10 heteroatoms. The Kier molecular flexibility index (Phi) is 6.11. The highest BCUT2D eigenvalue weighted by atomic mass is 35.5. The van der Waals surface area contributed by atoms with Crippen molar-refractivity contribution in [1.82, 2.24) is 18.7 Å². The highest BCUT2D eigenvalue weighted by Crippen LogP contribution is 2.30. The molecule has 0 saturated heterocycles. The Morgan fingerprint density at radius 2 is 1.81 bits per heavy atom. The molecule has 2 aromatic carbocycles. The van der Waals surface area contributed by atoms with Gasteiger partial charge in [-0.15, -0.1) is 0 Å². The molecular weight excluding hydrogens is 439 g/mol. The minimum Gasteiger partial charge on any atom is -0.424 e. The van der Waals surface area contributed by atoms with Crippen LogP contribution in [0.15, 0.2) is 58.1 Å². The van der Waals surface area contributed by atoms with Crippen LogP contribution >= 0.6 is 11.6 Å². The van der Waals surface area contributed by atoms with Gasteiger partial charge in [-0.3, -0.25) is 18.5 Å². The number of fused-ring (bicyclic) bond motifs is 1. The summed E-state index contributed by atoms with van der Waals surface area (Å²) in [6.45, 7) is 0.0354. The normalized spacial score (nSPS) is 11.2. The van der Waals surface area contributed by atoms with E-state index in [-0.39, 0.29) is 49.1 Å². The van der Waals surface area contributed by atoms with Gasteiger partial charge in [-0.05, 0) is 36.2 Å². The Morgan fingerprint density at radius 1 is 1.09 bits per heavy atom. The lowest BCUT2D eigenvalue weighted by molar-refractivity contribution is 0.277. The van der Waals surface area contributed by atoms with Gasteiger partial charge in [0, 0.05) is 20.2 Å². The fourth-order valence-electron chi connectivity index (χ4n) is 3.40. The summed E-state index contributed by atoms with van der Waals surface area (Å²) >= 11 is 6.22. The molecule has 0 unspecified atom stereocenters. The molecule has 2 heterocycles. The standard InChI is InChI=1S/C22H20ClFN4O4/c1-26-19-18(20(30)27(22(26)31)11-4-12-29)28(13-14-7-9-15(24)10-8-14)21(25-19)32-17-6-3-2-5-16(17)23/h2-3,5-10,29H,4,11-13H2,1H3. The van der Waals surface area contributed by atoms with E-state index >= 15 is 0 Å². The van der Waals surface area contributed by atoms with E-state index in [2.05, 4.69) is 4.98 Å². The zero-order chi connectivity index (χ0) is 22.8. The number of halogens is 2. The predicted molar refractivity (Wildman–Crippen MR) is 118 cm³/mol. The molecule has 4 rings (SSSR count). The molecule has 2 aromatic heterocycles. The minimum absolute atomic E-state index is 0.0559. The van der Waals surface area contributed by atoms with Gasteiger partial charge in [-0.25, -0.2) is 9.18 Å². The molecular formula is C22H20ClFN4O4. The zero-order valence-electron chi connectivity index (χ0n) is 17.2. The second-order valence-electron chi connectivity index (χ2n) is 7.19. The molecule has 1 N–H and O–H groups in total. The van der Waals surface area contributed by atoms with Gasteiger partial charge in [-0.1, -0.05) is 35.9 Å². The van der Waals surface area contributed by atoms with E-state index in [0.29, 0.717) is 16.3 Å². The number of aromatic nitrogens is 4. The summed E-state index contributed by atoms with van der Waals surface area (Å²) in [4.78, 5) is 30.4. The zero-order valence-corrected chi connectivity index (χ0v) is 17.9. The second-order valence-corrected chi connectivity index (χ2v) is 7.59. The van der Waals surface area contributed by atoms with Gasteiger partial charge in [0.1, 0.15) is 11.6 Å². The lowest BCUT2D eigenvalue weighted by atomic mass is 10.2. The number of aliphatic hydroxyl groups is 1. The first kappa shape index (κ1) is 21.8. The van der Waals surface area contributed by atoms with Gasteiger partial charge >= 0.3 is 11.7 Å². The first-order valence-corrected chi connectivity index (χ1v) is 10.3. The molecule has 0 saturated carbocycles. The predicted octanol–water partition coefficient (Wildman–Crippen LogP) is 2.91. The number of ether oxygens (including phenoxy) is 1. The van der Waals surface area contributed by atoms with Crippen LogP contribution in [0.3, 0.4) is 0 Å². The van der Waals surface area contributed by atoms with E-state index in [1.807, 2.05) is 0 Å². The molecule has 0 radical (unpaired) electrons. The van der Waals surface area contributed by atoms with Gasteiger partial charge in [0.25, 0.3) is 5.56 Å². The van der Waals surface area contributed by atoms with E-state index in [1.54, 1.807) is 36.4 Å². The van der Waals surface area contributed by atoms with Crippen molar-refractivity contribution in [2.45, 2.75) is 19.5 Å². The van der Waals surface area contributed by atoms with E-state index in [1.165, 1.54) is 28.3 Å². The molecule has 0 aliphatic rings. The number of rotatable bonds is 7. The van der Waals surface area contributed by atoms with Crippen LogP contribution in [0.4, 0.5) is 4.39 Å². The third-order valence-corrected chi connectivity index (χ3v) is 5.34. The van der Waals surface area contributed by atoms with Crippen LogP contribution in [0.25, 0.3) is 11.2 Å². The van der Waals surface area contributed by atoms with E-state index in [9.17, 15) is 14.0 Å². The summed E-state index contributed by atoms with van der Waals surface area (Å²) in [5.74, 6) is -0.0547. The van der Waals surface area contributed by atoms with Crippen molar-refractivity contribution in [3.05, 3.63) is 85.8 Å². The number of para-hydroxylation sites is 1. The van der Waals surface area contributed by atoms with Crippen molar-refractivity contribution in [2.75, 3.05) is 6.61 Å². The average molecular weight is 459 g/mol. The summed E-state index contributed by atoms with van der Waals surface area (Å²) in [7, 11) is 1.51. The highest BCUT2D eigenvalue weighted by Gasteiger charge is 2.22. The van der Waals surface area contributed by atoms with Crippen molar-refractivity contribution in [3.8, 4) is 11.8 Å². The van der Waals surface area contributed by atoms with Crippen molar-refractivity contribution in [2.24, 2.45) is 7.05 Å². The number of hydrogen-bond acceptors (Lipinski definition) is 5. The van der Waals surface area contributed by atoms with Crippen molar-refractivity contribution >= 4 is 22.8 Å². The van der Waals surface area contributed by atoms with Gasteiger partial charge in [0.15, 0.2) is 11.2 Å². The third-order valence-electron chi connectivity index (χ3n) is 5.03. The first-order chi connectivity index (χ1) is 15.4. The van der Waals surface area contributed by atoms with E-state index < -0.39 is 11.2 Å². The molecule has 0 spiro atoms. The minimum atomic E-state index is -0.555. The number of nitrogens with zero attached hydrogens (tertiary/aromatic N) is 4. The maximum Gasteiger partial charge on any atom is 0.332 e. The monoisotopic (exact) mass is 458 g/mol. The number of hydrogen-bond donors (Lipinski definition) is 1. The maximum atomic E-state index is 13.4. The molecule has 32 heavy (non-hydrogen) atoms. The molecule has 0 aliphatic heterocycles. The summed E-state index contributed by atoms with van der Waals surface area (Å²) in [6, 6.07) is 12.7. The van der Waals surface area contributed by atoms with Crippen LogP contribution in [0, 0.1) is 5.82 Å². The Hall–Kier alpha value is -3.43. The SMILES string of the molecule is Cn1c(=O)n(CCCO)c(=O)c2c1nc(Oc1ccccc1Cl)n2Cc1ccc(F)cc1. The van der Waals surface area contributed by atoms with Gasteiger partial charge < -0.3 is 9.84 Å². The Balaban J connectivity index is 1.95. The van der Waals surface area contributed by atoms with Crippen LogP contribution in [-0.2, 0) is 20.1 Å². The fourth-order valence-corrected chi connectivity index (χ4v) is 3.57. The van der Waals surface area contributed by atoms with Gasteiger partial charge in [-0.2, -0.15) is 4.98 Å².